The summed E-state index contributed by atoms with van der Waals surface area (Å²) in [5.74, 6) is 1.72. The summed E-state index contributed by atoms with van der Waals surface area (Å²) in [4.78, 5) is 0. The van der Waals surface area contributed by atoms with Crippen molar-refractivity contribution in [3.05, 3.63) is 0 Å². The molecule has 1 atom stereocenters. The lowest BCUT2D eigenvalue weighted by Gasteiger charge is -2.22. The molecule has 0 bridgehead atoms. The first kappa shape index (κ1) is 13.4. The molecule has 0 aromatic carbocycles. The van der Waals surface area contributed by atoms with Crippen LogP contribution in [0, 0.1) is 5.92 Å². The van der Waals surface area contributed by atoms with E-state index in [4.69, 9.17) is 15.2 Å². The maximum Gasteiger partial charge on any atom is 0.197 e. The number of nitrogens with one attached hydrogen (secondary N) is 1. The smallest absolute Gasteiger partial charge is 0.197 e. The summed E-state index contributed by atoms with van der Waals surface area (Å²) in [5.41, 5.74) is 5.81. The van der Waals surface area contributed by atoms with E-state index in [-0.39, 0.29) is 6.10 Å². The number of rotatable bonds is 5. The Morgan fingerprint density at radius 2 is 2.44 bits per heavy atom. The largest absolute Gasteiger partial charge is 0.484 e. The number of aromatic nitrogens is 1. The van der Waals surface area contributed by atoms with Gasteiger partial charge in [0.25, 0.3) is 0 Å². The lowest BCUT2D eigenvalue weighted by Crippen LogP contribution is -2.24. The van der Waals surface area contributed by atoms with Gasteiger partial charge in [-0.2, -0.15) is 4.37 Å². The molecule has 0 aliphatic carbocycles. The third-order valence-electron chi connectivity index (χ3n) is 2.83. The Hall–Kier alpha value is -1.01. The van der Waals surface area contributed by atoms with E-state index in [9.17, 15) is 0 Å². The zero-order valence-corrected chi connectivity index (χ0v) is 11.8. The van der Waals surface area contributed by atoms with E-state index in [0.29, 0.717) is 17.5 Å². The minimum absolute atomic E-state index is 0.0993. The summed E-state index contributed by atoms with van der Waals surface area (Å²) in [6, 6.07) is 0. The normalized spacial score (nSPS) is 20.1. The molecule has 0 spiro atoms. The molecular formula is C12H21N3O2S. The Kier molecular flexibility index (Phi) is 4.66. The summed E-state index contributed by atoms with van der Waals surface area (Å²) < 4.78 is 15.3. The number of hydrogen-bond donors (Lipinski definition) is 2. The summed E-state index contributed by atoms with van der Waals surface area (Å²) in [5, 5.41) is 4.30. The number of nitrogens with two attached hydrogens (primary N) is 1. The van der Waals surface area contributed by atoms with Gasteiger partial charge in [0.1, 0.15) is 0 Å². The average Bonchev–Trinajstić information content (AvgIpc) is 2.69. The predicted octanol–water partition coefficient (Wildman–Crippen LogP) is 2.35. The zero-order valence-electron chi connectivity index (χ0n) is 10.9. The van der Waals surface area contributed by atoms with Gasteiger partial charge < -0.3 is 20.5 Å². The number of hydrogen-bond acceptors (Lipinski definition) is 6. The molecule has 0 amide bonds. The maximum absolute atomic E-state index is 5.81. The van der Waals surface area contributed by atoms with Crippen LogP contribution in [-0.4, -0.2) is 30.2 Å². The highest BCUT2D eigenvalue weighted by molar-refractivity contribution is 7.11. The van der Waals surface area contributed by atoms with Gasteiger partial charge in [-0.25, -0.2) is 0 Å². The van der Waals surface area contributed by atoms with Gasteiger partial charge in [-0.3, -0.25) is 0 Å². The molecule has 3 N–H and O–H groups in total. The Morgan fingerprint density at radius 3 is 3.11 bits per heavy atom. The van der Waals surface area contributed by atoms with Crippen LogP contribution in [0.4, 0.5) is 10.8 Å². The SMILES string of the molecule is CC(C)Oc1c(N)nsc1NCC1CCCOC1. The highest BCUT2D eigenvalue weighted by Crippen LogP contribution is 2.36. The second-order valence-corrected chi connectivity index (χ2v) is 5.63. The lowest BCUT2D eigenvalue weighted by molar-refractivity contribution is 0.0595. The Labute approximate surface area is 112 Å². The number of anilines is 2. The molecule has 6 heteroatoms. The summed E-state index contributed by atoms with van der Waals surface area (Å²) >= 11 is 1.35. The fourth-order valence-electron chi connectivity index (χ4n) is 1.96. The van der Waals surface area contributed by atoms with E-state index in [1.165, 1.54) is 18.0 Å². The topological polar surface area (TPSA) is 69.4 Å². The highest BCUT2D eigenvalue weighted by atomic mass is 32.1. The molecule has 1 saturated heterocycles. The molecule has 1 aliphatic heterocycles. The molecule has 18 heavy (non-hydrogen) atoms. The van der Waals surface area contributed by atoms with Gasteiger partial charge in [0.2, 0.25) is 0 Å². The number of nitrogens with zero attached hydrogens (tertiary/aromatic N) is 1. The minimum atomic E-state index is 0.0993. The molecule has 1 fully saturated rings. The van der Waals surface area contributed by atoms with E-state index in [1.54, 1.807) is 0 Å². The Bertz CT molecular complexity index is 375. The van der Waals surface area contributed by atoms with Gasteiger partial charge in [0.05, 0.1) is 12.7 Å². The molecule has 0 radical (unpaired) electrons. The van der Waals surface area contributed by atoms with Crippen molar-refractivity contribution < 1.29 is 9.47 Å². The van der Waals surface area contributed by atoms with Crippen LogP contribution in [0.3, 0.4) is 0 Å². The van der Waals surface area contributed by atoms with Gasteiger partial charge in [0, 0.05) is 13.2 Å². The molecule has 2 rings (SSSR count). The van der Waals surface area contributed by atoms with E-state index in [1.807, 2.05) is 13.8 Å². The van der Waals surface area contributed by atoms with Crippen molar-refractivity contribution in [1.29, 1.82) is 0 Å². The predicted molar refractivity (Wildman–Crippen MR) is 74.3 cm³/mol. The molecule has 2 heterocycles. The van der Waals surface area contributed by atoms with Crippen molar-refractivity contribution in [3.63, 3.8) is 0 Å². The minimum Gasteiger partial charge on any atom is -0.484 e. The second kappa shape index (κ2) is 6.24. The fourth-order valence-corrected chi connectivity index (χ4v) is 2.62. The fraction of sp³-hybridized carbons (Fsp3) is 0.750. The number of nitrogen functional groups attached to an aromatic ring is 1. The first-order chi connectivity index (χ1) is 8.66. The molecule has 1 unspecified atom stereocenters. The zero-order chi connectivity index (χ0) is 13.0. The van der Waals surface area contributed by atoms with Crippen molar-refractivity contribution >= 4 is 22.4 Å². The Balaban J connectivity index is 1.91. The van der Waals surface area contributed by atoms with Crippen LogP contribution in [0.2, 0.25) is 0 Å². The maximum atomic E-state index is 5.81. The highest BCUT2D eigenvalue weighted by Gasteiger charge is 2.18. The van der Waals surface area contributed by atoms with Crippen molar-refractivity contribution in [1.82, 2.24) is 4.37 Å². The van der Waals surface area contributed by atoms with E-state index in [0.717, 1.165) is 31.2 Å². The molecule has 0 saturated carbocycles. The van der Waals surface area contributed by atoms with Crippen LogP contribution in [0.15, 0.2) is 0 Å². The first-order valence-corrected chi connectivity index (χ1v) is 7.17. The molecule has 5 nitrogen and oxygen atoms in total. The standard InChI is InChI=1S/C12H21N3O2S/c1-8(2)17-10-11(13)15-18-12(10)14-6-9-4-3-5-16-7-9/h8-9,14H,3-7H2,1-2H3,(H2,13,15). The van der Waals surface area contributed by atoms with Crippen LogP contribution >= 0.6 is 11.5 Å². The summed E-state index contributed by atoms with van der Waals surface area (Å²) in [7, 11) is 0. The van der Waals surface area contributed by atoms with Crippen molar-refractivity contribution in [3.8, 4) is 5.75 Å². The van der Waals surface area contributed by atoms with Crippen LogP contribution in [0.25, 0.3) is 0 Å². The van der Waals surface area contributed by atoms with Gasteiger partial charge in [-0.05, 0) is 44.1 Å². The molecule has 1 aromatic heterocycles. The molecule has 1 aliphatic rings. The molecular weight excluding hydrogens is 250 g/mol. The molecule has 102 valence electrons. The first-order valence-electron chi connectivity index (χ1n) is 6.40. The third-order valence-corrected chi connectivity index (χ3v) is 3.63. The van der Waals surface area contributed by atoms with Crippen molar-refractivity contribution in [2.75, 3.05) is 30.8 Å². The van der Waals surface area contributed by atoms with Crippen LogP contribution in [0.5, 0.6) is 5.75 Å². The van der Waals surface area contributed by atoms with Crippen LogP contribution in [0.1, 0.15) is 26.7 Å². The lowest BCUT2D eigenvalue weighted by atomic mass is 10.0. The summed E-state index contributed by atoms with van der Waals surface area (Å²) in [6.07, 6.45) is 2.45. The van der Waals surface area contributed by atoms with E-state index < -0.39 is 0 Å². The molecule has 1 aromatic rings. The van der Waals surface area contributed by atoms with Crippen LogP contribution < -0.4 is 15.8 Å². The van der Waals surface area contributed by atoms with Gasteiger partial charge >= 0.3 is 0 Å². The average molecular weight is 271 g/mol. The van der Waals surface area contributed by atoms with E-state index >= 15 is 0 Å². The van der Waals surface area contributed by atoms with Crippen molar-refractivity contribution in [2.45, 2.75) is 32.8 Å². The van der Waals surface area contributed by atoms with Gasteiger partial charge in [-0.15, -0.1) is 0 Å². The quantitative estimate of drug-likeness (QED) is 0.860. The van der Waals surface area contributed by atoms with Gasteiger partial charge in [-0.1, -0.05) is 0 Å². The van der Waals surface area contributed by atoms with E-state index in [2.05, 4.69) is 9.69 Å². The number of ether oxygens (including phenoxy) is 2. The second-order valence-electron chi connectivity index (χ2n) is 4.86. The van der Waals surface area contributed by atoms with Gasteiger partial charge in [0.15, 0.2) is 16.6 Å². The van der Waals surface area contributed by atoms with Crippen LogP contribution in [-0.2, 0) is 4.74 Å². The monoisotopic (exact) mass is 271 g/mol. The third kappa shape index (κ3) is 3.49. The Morgan fingerprint density at radius 1 is 1.61 bits per heavy atom. The van der Waals surface area contributed by atoms with Crippen molar-refractivity contribution in [2.24, 2.45) is 5.92 Å². The summed E-state index contributed by atoms with van der Waals surface area (Å²) in [6.45, 7) is 6.58.